The molecule has 0 spiro atoms. The van der Waals surface area contributed by atoms with Gasteiger partial charge in [0.2, 0.25) is 0 Å². The van der Waals surface area contributed by atoms with Gasteiger partial charge in [-0.05, 0) is 23.8 Å². The molecule has 19 heavy (non-hydrogen) atoms. The summed E-state index contributed by atoms with van der Waals surface area (Å²) in [6, 6.07) is 12.2. The molecule has 5 heteroatoms. The number of carbonyl (C=O) groups excluding carboxylic acids is 1. The summed E-state index contributed by atoms with van der Waals surface area (Å²) in [7, 11) is 0. The molecule has 1 aromatic heterocycles. The van der Waals surface area contributed by atoms with E-state index in [4.69, 9.17) is 11.0 Å². The highest BCUT2D eigenvalue weighted by Crippen LogP contribution is 2.14. The van der Waals surface area contributed by atoms with E-state index >= 15 is 0 Å². The van der Waals surface area contributed by atoms with Crippen molar-refractivity contribution in [2.75, 3.05) is 5.32 Å². The first-order valence-electron chi connectivity index (χ1n) is 5.70. The highest BCUT2D eigenvalue weighted by molar-refractivity contribution is 6.03. The molecular weight excluding hydrogens is 240 g/mol. The van der Waals surface area contributed by atoms with Crippen molar-refractivity contribution in [3.05, 3.63) is 59.4 Å². The Hall–Kier alpha value is -2.71. The van der Waals surface area contributed by atoms with E-state index in [9.17, 15) is 4.79 Å². The molecular formula is C14H12N4O. The third-order valence-corrected chi connectivity index (χ3v) is 2.59. The second-order valence-corrected chi connectivity index (χ2v) is 3.87. The van der Waals surface area contributed by atoms with Crippen LogP contribution in [0.3, 0.4) is 0 Å². The number of nitrogens with zero attached hydrogens (tertiary/aromatic N) is 2. The van der Waals surface area contributed by atoms with Crippen LogP contribution in [0.25, 0.3) is 0 Å². The average molecular weight is 252 g/mol. The second kappa shape index (κ2) is 5.76. The lowest BCUT2D eigenvalue weighted by molar-refractivity contribution is 0.102. The summed E-state index contributed by atoms with van der Waals surface area (Å²) in [6.45, 7) is 0.381. The van der Waals surface area contributed by atoms with Crippen molar-refractivity contribution in [2.45, 2.75) is 6.54 Å². The molecule has 0 aliphatic heterocycles. The van der Waals surface area contributed by atoms with E-state index in [1.54, 1.807) is 42.6 Å². The molecule has 0 aliphatic carbocycles. The summed E-state index contributed by atoms with van der Waals surface area (Å²) < 4.78 is 0. The molecule has 2 aromatic rings. The summed E-state index contributed by atoms with van der Waals surface area (Å²) in [5, 5.41) is 11.6. The van der Waals surface area contributed by atoms with Crippen molar-refractivity contribution in [1.29, 1.82) is 5.26 Å². The van der Waals surface area contributed by atoms with Crippen LogP contribution in [0.5, 0.6) is 0 Å². The number of anilines is 1. The predicted octanol–water partition coefficient (Wildman–Crippen LogP) is 1.66. The lowest BCUT2D eigenvalue weighted by Crippen LogP contribution is -2.14. The molecule has 5 nitrogen and oxygen atoms in total. The number of benzene rings is 1. The molecule has 0 radical (unpaired) electrons. The SMILES string of the molecule is N#Cc1ccccc1NC(=O)c1ccc(CN)cn1. The maximum atomic E-state index is 12.0. The third-order valence-electron chi connectivity index (χ3n) is 2.59. The molecule has 1 aromatic carbocycles. The molecule has 0 saturated heterocycles. The van der Waals surface area contributed by atoms with E-state index in [0.717, 1.165) is 5.56 Å². The van der Waals surface area contributed by atoms with Crippen LogP contribution in [0.15, 0.2) is 42.6 Å². The van der Waals surface area contributed by atoms with Crippen LogP contribution in [0.2, 0.25) is 0 Å². The summed E-state index contributed by atoms with van der Waals surface area (Å²) >= 11 is 0. The fraction of sp³-hybridized carbons (Fsp3) is 0.0714. The molecule has 0 fully saturated rings. The number of pyridine rings is 1. The van der Waals surface area contributed by atoms with E-state index < -0.39 is 0 Å². The first-order chi connectivity index (χ1) is 9.24. The summed E-state index contributed by atoms with van der Waals surface area (Å²) in [5.41, 5.74) is 7.48. The van der Waals surface area contributed by atoms with Crippen molar-refractivity contribution in [2.24, 2.45) is 5.73 Å². The first-order valence-corrected chi connectivity index (χ1v) is 5.70. The van der Waals surface area contributed by atoms with Crippen molar-refractivity contribution in [3.63, 3.8) is 0 Å². The highest BCUT2D eigenvalue weighted by atomic mass is 16.1. The molecule has 0 aliphatic rings. The van der Waals surface area contributed by atoms with Gasteiger partial charge in [-0.3, -0.25) is 9.78 Å². The van der Waals surface area contributed by atoms with Crippen LogP contribution in [-0.2, 0) is 6.54 Å². The molecule has 0 bridgehead atoms. The van der Waals surface area contributed by atoms with Gasteiger partial charge in [-0.25, -0.2) is 0 Å². The van der Waals surface area contributed by atoms with Crippen molar-refractivity contribution in [3.8, 4) is 6.07 Å². The van der Waals surface area contributed by atoms with Crippen LogP contribution in [0.4, 0.5) is 5.69 Å². The topological polar surface area (TPSA) is 91.8 Å². The lowest BCUT2D eigenvalue weighted by atomic mass is 10.2. The molecule has 2 rings (SSSR count). The minimum atomic E-state index is -0.355. The normalized spacial score (nSPS) is 9.68. The number of nitrogens with two attached hydrogens (primary N) is 1. The number of hydrogen-bond donors (Lipinski definition) is 2. The zero-order valence-electron chi connectivity index (χ0n) is 10.1. The van der Waals surface area contributed by atoms with Crippen LogP contribution >= 0.6 is 0 Å². The summed E-state index contributed by atoms with van der Waals surface area (Å²) in [6.07, 6.45) is 1.56. The Labute approximate surface area is 110 Å². The van der Waals surface area contributed by atoms with Gasteiger partial charge < -0.3 is 11.1 Å². The van der Waals surface area contributed by atoms with Gasteiger partial charge in [0.25, 0.3) is 5.91 Å². The van der Waals surface area contributed by atoms with E-state index in [1.165, 1.54) is 0 Å². The van der Waals surface area contributed by atoms with Gasteiger partial charge in [-0.2, -0.15) is 5.26 Å². The second-order valence-electron chi connectivity index (χ2n) is 3.87. The minimum absolute atomic E-state index is 0.282. The van der Waals surface area contributed by atoms with Crippen molar-refractivity contribution in [1.82, 2.24) is 4.98 Å². The number of nitrogens with one attached hydrogen (secondary N) is 1. The Morgan fingerprint density at radius 1 is 1.32 bits per heavy atom. The van der Waals surface area contributed by atoms with Gasteiger partial charge >= 0.3 is 0 Å². The Bertz CT molecular complexity index is 629. The van der Waals surface area contributed by atoms with Gasteiger partial charge in [0.05, 0.1) is 11.3 Å². The molecule has 0 atom stereocenters. The maximum Gasteiger partial charge on any atom is 0.274 e. The lowest BCUT2D eigenvalue weighted by Gasteiger charge is -2.06. The number of rotatable bonds is 3. The molecule has 3 N–H and O–H groups in total. The van der Waals surface area contributed by atoms with Crippen LogP contribution < -0.4 is 11.1 Å². The number of amides is 1. The Morgan fingerprint density at radius 2 is 2.11 bits per heavy atom. The minimum Gasteiger partial charge on any atom is -0.326 e. The molecule has 1 amide bonds. The Morgan fingerprint density at radius 3 is 2.74 bits per heavy atom. The quantitative estimate of drug-likeness (QED) is 0.869. The van der Waals surface area contributed by atoms with Crippen LogP contribution in [0, 0.1) is 11.3 Å². The Balaban J connectivity index is 2.18. The van der Waals surface area contributed by atoms with E-state index in [1.807, 2.05) is 6.07 Å². The smallest absolute Gasteiger partial charge is 0.274 e. The number of nitriles is 1. The first kappa shape index (κ1) is 12.7. The molecule has 94 valence electrons. The van der Waals surface area contributed by atoms with Gasteiger partial charge in [0.1, 0.15) is 11.8 Å². The monoisotopic (exact) mass is 252 g/mol. The largest absolute Gasteiger partial charge is 0.326 e. The van der Waals surface area contributed by atoms with E-state index in [2.05, 4.69) is 10.3 Å². The third kappa shape index (κ3) is 2.94. The van der Waals surface area contributed by atoms with Gasteiger partial charge in [0.15, 0.2) is 0 Å². The van der Waals surface area contributed by atoms with Gasteiger partial charge in [-0.1, -0.05) is 18.2 Å². The standard InChI is InChI=1S/C14H12N4O/c15-7-10-5-6-13(17-9-10)14(19)18-12-4-2-1-3-11(12)8-16/h1-6,9H,7,15H2,(H,18,19). The number of aromatic nitrogens is 1. The van der Waals surface area contributed by atoms with Crippen LogP contribution in [-0.4, -0.2) is 10.9 Å². The Kier molecular flexibility index (Phi) is 3.86. The van der Waals surface area contributed by atoms with E-state index in [-0.39, 0.29) is 11.6 Å². The summed E-state index contributed by atoms with van der Waals surface area (Å²) in [5.74, 6) is -0.355. The fourth-order valence-electron chi connectivity index (χ4n) is 1.56. The van der Waals surface area contributed by atoms with Gasteiger partial charge in [0, 0.05) is 12.7 Å². The zero-order valence-corrected chi connectivity index (χ0v) is 10.1. The number of para-hydroxylation sites is 1. The molecule has 1 heterocycles. The zero-order chi connectivity index (χ0) is 13.7. The molecule has 0 saturated carbocycles. The molecule has 0 unspecified atom stereocenters. The van der Waals surface area contributed by atoms with Gasteiger partial charge in [-0.15, -0.1) is 0 Å². The average Bonchev–Trinajstić information content (AvgIpc) is 2.48. The number of hydrogen-bond acceptors (Lipinski definition) is 4. The van der Waals surface area contributed by atoms with Crippen molar-refractivity contribution < 1.29 is 4.79 Å². The highest BCUT2D eigenvalue weighted by Gasteiger charge is 2.09. The predicted molar refractivity (Wildman–Crippen MR) is 71.2 cm³/mol. The fourth-order valence-corrected chi connectivity index (χ4v) is 1.56. The van der Waals surface area contributed by atoms with E-state index in [0.29, 0.717) is 17.8 Å². The maximum absolute atomic E-state index is 12.0. The van der Waals surface area contributed by atoms with Crippen LogP contribution in [0.1, 0.15) is 21.6 Å². The number of carbonyl (C=O) groups is 1. The van der Waals surface area contributed by atoms with Crippen molar-refractivity contribution >= 4 is 11.6 Å². The summed E-state index contributed by atoms with van der Waals surface area (Å²) in [4.78, 5) is 16.0.